The topological polar surface area (TPSA) is 29.5 Å². The summed E-state index contributed by atoms with van der Waals surface area (Å²) >= 11 is 6.59. The van der Waals surface area contributed by atoms with Crippen molar-refractivity contribution in [2.24, 2.45) is 0 Å². The van der Waals surface area contributed by atoms with Gasteiger partial charge in [0.1, 0.15) is 5.82 Å². The highest BCUT2D eigenvalue weighted by atomic mass is 79.9. The molecular formula is C13H14Br2FNO2. The minimum Gasteiger partial charge on any atom is -0.371 e. The van der Waals surface area contributed by atoms with Crippen molar-refractivity contribution in [3.8, 4) is 0 Å². The van der Waals surface area contributed by atoms with Gasteiger partial charge in [0, 0.05) is 22.9 Å². The summed E-state index contributed by atoms with van der Waals surface area (Å²) in [5.41, 5.74) is 0.0879. The first kappa shape index (κ1) is 14.9. The molecule has 3 nitrogen and oxygen atoms in total. The second kappa shape index (κ2) is 6.33. The average Bonchev–Trinajstić information content (AvgIpc) is 2.37. The lowest BCUT2D eigenvalue weighted by molar-refractivity contribution is -0.0561. The van der Waals surface area contributed by atoms with E-state index in [0.717, 1.165) is 0 Å². The molecule has 6 heteroatoms. The Bertz CT molecular complexity index is 463. The normalized spacial score (nSPS) is 23.5. The second-order valence-electron chi connectivity index (χ2n) is 4.53. The highest BCUT2D eigenvalue weighted by Gasteiger charge is 2.30. The summed E-state index contributed by atoms with van der Waals surface area (Å²) in [6.07, 6.45) is -0.107. The van der Waals surface area contributed by atoms with Gasteiger partial charge >= 0.3 is 0 Å². The first-order valence-corrected chi connectivity index (χ1v) is 7.89. The van der Waals surface area contributed by atoms with Gasteiger partial charge in [-0.15, -0.1) is 0 Å². The van der Waals surface area contributed by atoms with Gasteiger partial charge in [-0.1, -0.05) is 22.0 Å². The van der Waals surface area contributed by atoms with Crippen molar-refractivity contribution in [2.75, 3.05) is 18.4 Å². The molecule has 2 atom stereocenters. The minimum atomic E-state index is -0.506. The number of morpholine rings is 1. The van der Waals surface area contributed by atoms with Crippen molar-refractivity contribution in [1.29, 1.82) is 0 Å². The lowest BCUT2D eigenvalue weighted by atomic mass is 10.1. The lowest BCUT2D eigenvalue weighted by Crippen LogP contribution is -2.50. The van der Waals surface area contributed by atoms with Crippen LogP contribution < -0.4 is 0 Å². The summed E-state index contributed by atoms with van der Waals surface area (Å²) < 4.78 is 20.0. The monoisotopic (exact) mass is 393 g/mol. The van der Waals surface area contributed by atoms with Gasteiger partial charge in [-0.3, -0.25) is 4.79 Å². The Kier molecular flexibility index (Phi) is 4.97. The highest BCUT2D eigenvalue weighted by molar-refractivity contribution is 9.10. The molecule has 19 heavy (non-hydrogen) atoms. The maximum atomic E-state index is 13.8. The molecule has 1 aromatic rings. The zero-order chi connectivity index (χ0) is 14.0. The first-order chi connectivity index (χ1) is 9.02. The molecule has 2 rings (SSSR count). The molecule has 104 valence electrons. The van der Waals surface area contributed by atoms with Crippen LogP contribution in [0.1, 0.15) is 17.3 Å². The molecule has 1 aliphatic heterocycles. The van der Waals surface area contributed by atoms with Gasteiger partial charge in [0.15, 0.2) is 0 Å². The van der Waals surface area contributed by atoms with Gasteiger partial charge in [0.2, 0.25) is 0 Å². The first-order valence-electron chi connectivity index (χ1n) is 5.97. The van der Waals surface area contributed by atoms with Crippen LogP contribution in [-0.2, 0) is 4.74 Å². The number of amides is 1. The van der Waals surface area contributed by atoms with Gasteiger partial charge in [-0.2, -0.15) is 0 Å². The van der Waals surface area contributed by atoms with E-state index in [4.69, 9.17) is 4.74 Å². The van der Waals surface area contributed by atoms with Gasteiger partial charge in [0.05, 0.1) is 17.8 Å². The standard InChI is InChI=1S/C13H14Br2FNO2/c1-8-6-17(7-9(5-14)19-8)13(18)12-10(15)3-2-4-11(12)16/h2-4,8-9H,5-7H2,1H3. The van der Waals surface area contributed by atoms with Crippen LogP contribution in [-0.4, -0.2) is 41.4 Å². The molecule has 0 aromatic heterocycles. The van der Waals surface area contributed by atoms with E-state index < -0.39 is 5.82 Å². The van der Waals surface area contributed by atoms with Crippen LogP contribution in [0.5, 0.6) is 0 Å². The number of halogens is 3. The zero-order valence-electron chi connectivity index (χ0n) is 10.4. The summed E-state index contributed by atoms with van der Waals surface area (Å²) in [7, 11) is 0. The number of alkyl halides is 1. The van der Waals surface area contributed by atoms with E-state index in [1.807, 2.05) is 6.92 Å². The molecular weight excluding hydrogens is 381 g/mol. The van der Waals surface area contributed by atoms with Crippen molar-refractivity contribution >= 4 is 37.8 Å². The quantitative estimate of drug-likeness (QED) is 0.721. The van der Waals surface area contributed by atoms with E-state index in [9.17, 15) is 9.18 Å². The highest BCUT2D eigenvalue weighted by Crippen LogP contribution is 2.23. The number of carbonyl (C=O) groups is 1. The van der Waals surface area contributed by atoms with E-state index >= 15 is 0 Å². The van der Waals surface area contributed by atoms with Gasteiger partial charge in [0.25, 0.3) is 5.91 Å². The fourth-order valence-electron chi connectivity index (χ4n) is 2.16. The molecule has 1 aromatic carbocycles. The summed E-state index contributed by atoms with van der Waals surface area (Å²) in [5, 5.41) is 0.652. The third-order valence-corrected chi connectivity index (χ3v) is 4.35. The lowest BCUT2D eigenvalue weighted by Gasteiger charge is -2.36. The maximum absolute atomic E-state index is 13.8. The largest absolute Gasteiger partial charge is 0.371 e. The Morgan fingerprint density at radius 2 is 2.26 bits per heavy atom. The van der Waals surface area contributed by atoms with Crippen LogP contribution in [0.15, 0.2) is 22.7 Å². The van der Waals surface area contributed by atoms with Crippen molar-refractivity contribution in [3.63, 3.8) is 0 Å². The molecule has 1 saturated heterocycles. The molecule has 1 fully saturated rings. The van der Waals surface area contributed by atoms with Crippen LogP contribution in [0.3, 0.4) is 0 Å². The molecule has 1 amide bonds. The molecule has 0 saturated carbocycles. The Hall–Kier alpha value is -0.460. The number of ether oxygens (including phenoxy) is 1. The van der Waals surface area contributed by atoms with Crippen molar-refractivity contribution in [3.05, 3.63) is 34.1 Å². The number of carbonyl (C=O) groups excluding carboxylic acids is 1. The summed E-state index contributed by atoms with van der Waals surface area (Å²) in [6, 6.07) is 4.53. The Morgan fingerprint density at radius 3 is 2.89 bits per heavy atom. The van der Waals surface area contributed by atoms with Crippen LogP contribution >= 0.6 is 31.9 Å². The molecule has 0 radical (unpaired) electrons. The summed E-state index contributed by atoms with van der Waals surface area (Å²) in [4.78, 5) is 14.1. The number of nitrogens with zero attached hydrogens (tertiary/aromatic N) is 1. The van der Waals surface area contributed by atoms with E-state index in [-0.39, 0.29) is 23.7 Å². The van der Waals surface area contributed by atoms with E-state index in [1.54, 1.807) is 17.0 Å². The molecule has 0 aliphatic carbocycles. The van der Waals surface area contributed by atoms with Gasteiger partial charge < -0.3 is 9.64 Å². The van der Waals surface area contributed by atoms with Crippen molar-refractivity contribution in [2.45, 2.75) is 19.1 Å². The summed E-state index contributed by atoms with van der Waals surface area (Å²) in [5.74, 6) is -0.806. The van der Waals surface area contributed by atoms with Gasteiger partial charge in [-0.25, -0.2) is 4.39 Å². The third kappa shape index (κ3) is 3.35. The molecule has 1 heterocycles. The Morgan fingerprint density at radius 1 is 1.53 bits per heavy atom. The van der Waals surface area contributed by atoms with E-state index in [0.29, 0.717) is 22.9 Å². The van der Waals surface area contributed by atoms with E-state index in [2.05, 4.69) is 31.9 Å². The van der Waals surface area contributed by atoms with Crippen LogP contribution in [0.25, 0.3) is 0 Å². The Labute approximate surface area is 128 Å². The SMILES string of the molecule is CC1CN(C(=O)c2c(F)cccc2Br)CC(CBr)O1. The minimum absolute atomic E-state index is 0.0502. The average molecular weight is 395 g/mol. The molecule has 0 bridgehead atoms. The van der Waals surface area contributed by atoms with Crippen molar-refractivity contribution in [1.82, 2.24) is 4.90 Å². The smallest absolute Gasteiger partial charge is 0.258 e. The van der Waals surface area contributed by atoms with Crippen LogP contribution in [0.4, 0.5) is 4.39 Å². The Balaban J connectivity index is 2.24. The fourth-order valence-corrected chi connectivity index (χ4v) is 3.03. The summed E-state index contributed by atoms with van der Waals surface area (Å²) in [6.45, 7) is 2.85. The maximum Gasteiger partial charge on any atom is 0.258 e. The predicted molar refractivity (Wildman–Crippen MR) is 78.1 cm³/mol. The van der Waals surface area contributed by atoms with Crippen LogP contribution in [0.2, 0.25) is 0 Å². The number of rotatable bonds is 2. The fraction of sp³-hybridized carbons (Fsp3) is 0.462. The number of benzene rings is 1. The van der Waals surface area contributed by atoms with Crippen molar-refractivity contribution < 1.29 is 13.9 Å². The molecule has 1 aliphatic rings. The molecule has 0 N–H and O–H groups in total. The molecule has 2 unspecified atom stereocenters. The number of hydrogen-bond donors (Lipinski definition) is 0. The van der Waals surface area contributed by atoms with Gasteiger partial charge in [-0.05, 0) is 35.0 Å². The number of hydrogen-bond acceptors (Lipinski definition) is 2. The zero-order valence-corrected chi connectivity index (χ0v) is 13.6. The molecule has 0 spiro atoms. The predicted octanol–water partition coefficient (Wildman–Crippen LogP) is 3.21. The third-order valence-electron chi connectivity index (χ3n) is 2.96. The van der Waals surface area contributed by atoms with Crippen LogP contribution in [0, 0.1) is 5.82 Å². The van der Waals surface area contributed by atoms with E-state index in [1.165, 1.54) is 6.07 Å². The second-order valence-corrected chi connectivity index (χ2v) is 6.03.